The average molecular weight is 410 g/mol. The summed E-state index contributed by atoms with van der Waals surface area (Å²) in [6.45, 7) is 4.54. The van der Waals surface area contributed by atoms with Gasteiger partial charge in [-0.05, 0) is 42.0 Å². The molecule has 2 aromatic carbocycles. The van der Waals surface area contributed by atoms with E-state index in [9.17, 15) is 0 Å². The van der Waals surface area contributed by atoms with Gasteiger partial charge in [0.15, 0.2) is 5.11 Å². The molecule has 26 heavy (non-hydrogen) atoms. The first-order valence-electron chi connectivity index (χ1n) is 8.42. The molecule has 3 rings (SSSR count). The van der Waals surface area contributed by atoms with Crippen molar-refractivity contribution in [3.05, 3.63) is 58.1 Å². The van der Waals surface area contributed by atoms with Crippen molar-refractivity contribution in [1.29, 1.82) is 0 Å². The van der Waals surface area contributed by atoms with Gasteiger partial charge in [-0.1, -0.05) is 41.4 Å². The molecule has 0 saturated carbocycles. The zero-order chi connectivity index (χ0) is 18.5. The molecule has 0 atom stereocenters. The highest BCUT2D eigenvalue weighted by molar-refractivity contribution is 7.80. The number of halogens is 2. The van der Waals surface area contributed by atoms with Gasteiger partial charge in [0, 0.05) is 32.7 Å². The maximum atomic E-state index is 6.22. The molecule has 1 aliphatic heterocycles. The van der Waals surface area contributed by atoms with E-state index in [1.165, 1.54) is 5.56 Å². The van der Waals surface area contributed by atoms with Crippen molar-refractivity contribution in [3.63, 3.8) is 0 Å². The van der Waals surface area contributed by atoms with E-state index in [-0.39, 0.29) is 0 Å². The molecule has 7 heteroatoms. The second kappa shape index (κ2) is 8.91. The molecule has 1 aliphatic rings. The first kappa shape index (κ1) is 19.2. The van der Waals surface area contributed by atoms with Crippen LogP contribution in [0, 0.1) is 0 Å². The van der Waals surface area contributed by atoms with E-state index in [0.29, 0.717) is 15.2 Å². The van der Waals surface area contributed by atoms with Crippen molar-refractivity contribution in [3.8, 4) is 5.75 Å². The third-order valence-electron chi connectivity index (χ3n) is 4.39. The Bertz CT molecular complexity index is 779. The fourth-order valence-electron chi connectivity index (χ4n) is 2.93. The van der Waals surface area contributed by atoms with Gasteiger partial charge in [-0.15, -0.1) is 0 Å². The number of anilines is 1. The van der Waals surface area contributed by atoms with Crippen LogP contribution in [-0.2, 0) is 6.54 Å². The van der Waals surface area contributed by atoms with Crippen LogP contribution in [0.1, 0.15) is 5.56 Å². The summed E-state index contributed by atoms with van der Waals surface area (Å²) in [4.78, 5) is 4.58. The summed E-state index contributed by atoms with van der Waals surface area (Å²) in [5, 5.41) is 4.89. The first-order chi connectivity index (χ1) is 12.6. The predicted molar refractivity (Wildman–Crippen MR) is 113 cm³/mol. The number of hydrogen-bond acceptors (Lipinski definition) is 3. The molecule has 1 heterocycles. The van der Waals surface area contributed by atoms with Crippen molar-refractivity contribution in [2.75, 3.05) is 38.6 Å². The second-order valence-electron chi connectivity index (χ2n) is 6.15. The molecule has 0 aliphatic carbocycles. The van der Waals surface area contributed by atoms with E-state index in [0.717, 1.165) is 44.2 Å². The van der Waals surface area contributed by atoms with Crippen LogP contribution >= 0.6 is 35.4 Å². The summed E-state index contributed by atoms with van der Waals surface area (Å²) in [7, 11) is 1.69. The normalized spacial score (nSPS) is 15.0. The molecule has 4 nitrogen and oxygen atoms in total. The van der Waals surface area contributed by atoms with Gasteiger partial charge in [0.1, 0.15) is 5.75 Å². The zero-order valence-electron chi connectivity index (χ0n) is 14.5. The van der Waals surface area contributed by atoms with Crippen LogP contribution in [0.15, 0.2) is 42.5 Å². The van der Waals surface area contributed by atoms with Crippen LogP contribution < -0.4 is 10.1 Å². The summed E-state index contributed by atoms with van der Waals surface area (Å²) in [6.07, 6.45) is 0. The highest BCUT2D eigenvalue weighted by Gasteiger charge is 2.20. The van der Waals surface area contributed by atoms with Crippen molar-refractivity contribution < 1.29 is 4.74 Å². The largest absolute Gasteiger partial charge is 0.497 e. The third kappa shape index (κ3) is 4.80. The highest BCUT2D eigenvalue weighted by Crippen LogP contribution is 2.29. The van der Waals surface area contributed by atoms with Gasteiger partial charge in [0.2, 0.25) is 0 Å². The smallest absolute Gasteiger partial charge is 0.173 e. The van der Waals surface area contributed by atoms with E-state index >= 15 is 0 Å². The Kier molecular flexibility index (Phi) is 6.59. The standard InChI is InChI=1S/C19H21Cl2N3OS/c1-25-15-5-2-4-14(12-15)13-23-8-10-24(11-9-23)19(26)22-17-7-3-6-16(20)18(17)21/h2-7,12H,8-11,13H2,1H3,(H,22,26). The van der Waals surface area contributed by atoms with E-state index in [1.807, 2.05) is 24.3 Å². The topological polar surface area (TPSA) is 27.7 Å². The molecule has 0 aromatic heterocycles. The number of piperazine rings is 1. The third-order valence-corrected chi connectivity index (χ3v) is 5.57. The van der Waals surface area contributed by atoms with Crippen LogP contribution in [0.2, 0.25) is 10.0 Å². The number of ether oxygens (including phenoxy) is 1. The molecule has 0 spiro atoms. The minimum atomic E-state index is 0.494. The monoisotopic (exact) mass is 409 g/mol. The molecular weight excluding hydrogens is 389 g/mol. The van der Waals surface area contributed by atoms with E-state index in [1.54, 1.807) is 13.2 Å². The number of nitrogens with zero attached hydrogens (tertiary/aromatic N) is 2. The molecule has 0 radical (unpaired) electrons. The van der Waals surface area contributed by atoms with Gasteiger partial charge in [-0.25, -0.2) is 0 Å². The maximum Gasteiger partial charge on any atom is 0.173 e. The number of methoxy groups -OCH3 is 1. The molecule has 0 bridgehead atoms. The summed E-state index contributed by atoms with van der Waals surface area (Å²) in [6, 6.07) is 13.7. The molecular formula is C19H21Cl2N3OS. The summed E-state index contributed by atoms with van der Waals surface area (Å²) in [5.41, 5.74) is 1.99. The molecule has 0 amide bonds. The molecule has 1 saturated heterocycles. The SMILES string of the molecule is COc1cccc(CN2CCN(C(=S)Nc3cccc(Cl)c3Cl)CC2)c1. The Balaban J connectivity index is 1.53. The number of thiocarbonyl (C=S) groups is 1. The Labute approximate surface area is 169 Å². The predicted octanol–water partition coefficient (Wildman–Crippen LogP) is 4.52. The molecule has 2 aromatic rings. The van der Waals surface area contributed by atoms with Crippen LogP contribution in [0.4, 0.5) is 5.69 Å². The number of rotatable bonds is 4. The number of benzene rings is 2. The summed E-state index contributed by atoms with van der Waals surface area (Å²) in [5.74, 6) is 0.893. The minimum absolute atomic E-state index is 0.494. The maximum absolute atomic E-state index is 6.22. The van der Waals surface area contributed by atoms with E-state index < -0.39 is 0 Å². The lowest BCUT2D eigenvalue weighted by Gasteiger charge is -2.36. The van der Waals surface area contributed by atoms with Crippen LogP contribution in [0.25, 0.3) is 0 Å². The van der Waals surface area contributed by atoms with Crippen molar-refractivity contribution in [1.82, 2.24) is 9.80 Å². The van der Waals surface area contributed by atoms with Crippen LogP contribution in [0.5, 0.6) is 5.75 Å². The van der Waals surface area contributed by atoms with Crippen LogP contribution in [0.3, 0.4) is 0 Å². The quantitative estimate of drug-likeness (QED) is 0.749. The van der Waals surface area contributed by atoms with Gasteiger partial charge in [0.25, 0.3) is 0 Å². The molecule has 0 unspecified atom stereocenters. The fraction of sp³-hybridized carbons (Fsp3) is 0.316. The summed E-state index contributed by atoms with van der Waals surface area (Å²) < 4.78 is 5.29. The average Bonchev–Trinajstić information content (AvgIpc) is 2.66. The lowest BCUT2D eigenvalue weighted by atomic mass is 10.2. The number of hydrogen-bond donors (Lipinski definition) is 1. The molecule has 1 N–H and O–H groups in total. The van der Waals surface area contributed by atoms with Gasteiger partial charge in [0.05, 0.1) is 22.8 Å². The molecule has 138 valence electrons. The second-order valence-corrected chi connectivity index (χ2v) is 7.32. The van der Waals surface area contributed by atoms with Crippen molar-refractivity contribution in [2.24, 2.45) is 0 Å². The first-order valence-corrected chi connectivity index (χ1v) is 9.58. The Hall–Kier alpha value is -1.53. The van der Waals surface area contributed by atoms with E-state index in [4.69, 9.17) is 40.2 Å². The van der Waals surface area contributed by atoms with Crippen molar-refractivity contribution in [2.45, 2.75) is 6.54 Å². The Morgan fingerprint density at radius 3 is 2.58 bits per heavy atom. The lowest BCUT2D eigenvalue weighted by Crippen LogP contribution is -2.49. The zero-order valence-corrected chi connectivity index (χ0v) is 16.9. The van der Waals surface area contributed by atoms with Crippen LogP contribution in [-0.4, -0.2) is 48.2 Å². The van der Waals surface area contributed by atoms with Crippen molar-refractivity contribution >= 4 is 46.2 Å². The Morgan fingerprint density at radius 2 is 1.85 bits per heavy atom. The van der Waals surface area contributed by atoms with E-state index in [2.05, 4.69) is 27.2 Å². The lowest BCUT2D eigenvalue weighted by molar-refractivity contribution is 0.177. The number of nitrogens with one attached hydrogen (secondary N) is 1. The van der Waals surface area contributed by atoms with Gasteiger partial charge >= 0.3 is 0 Å². The molecule has 1 fully saturated rings. The highest BCUT2D eigenvalue weighted by atomic mass is 35.5. The van der Waals surface area contributed by atoms with Gasteiger partial charge in [-0.2, -0.15) is 0 Å². The van der Waals surface area contributed by atoms with Gasteiger partial charge in [-0.3, -0.25) is 4.90 Å². The fourth-order valence-corrected chi connectivity index (χ4v) is 3.57. The summed E-state index contributed by atoms with van der Waals surface area (Å²) >= 11 is 17.8. The van der Waals surface area contributed by atoms with Gasteiger partial charge < -0.3 is 15.0 Å². The minimum Gasteiger partial charge on any atom is -0.497 e. The Morgan fingerprint density at radius 1 is 1.12 bits per heavy atom.